The van der Waals surface area contributed by atoms with E-state index in [9.17, 15) is 4.79 Å². The van der Waals surface area contributed by atoms with Gasteiger partial charge in [0.15, 0.2) is 0 Å². The summed E-state index contributed by atoms with van der Waals surface area (Å²) in [6, 6.07) is 0.247. The number of fused-ring (bicyclic) bond motifs is 2. The van der Waals surface area contributed by atoms with Crippen molar-refractivity contribution in [1.82, 2.24) is 10.6 Å². The van der Waals surface area contributed by atoms with Crippen LogP contribution in [0.4, 0.5) is 4.79 Å². The Balaban J connectivity index is 1.76. The van der Waals surface area contributed by atoms with Gasteiger partial charge in [0.25, 0.3) is 0 Å². The summed E-state index contributed by atoms with van der Waals surface area (Å²) >= 11 is 5.47. The van der Waals surface area contributed by atoms with Gasteiger partial charge in [-0.25, -0.2) is 4.79 Å². The van der Waals surface area contributed by atoms with E-state index in [1.165, 1.54) is 6.42 Å². The molecule has 2 bridgehead atoms. The fourth-order valence-corrected chi connectivity index (χ4v) is 2.42. The molecule has 78 valence electrons. The predicted molar refractivity (Wildman–Crippen MR) is 56.4 cm³/mol. The van der Waals surface area contributed by atoms with Gasteiger partial charge in [-0.1, -0.05) is 12.2 Å². The van der Waals surface area contributed by atoms with Gasteiger partial charge in [0.1, 0.15) is 0 Å². The van der Waals surface area contributed by atoms with E-state index in [1.807, 2.05) is 0 Å². The molecule has 1 fully saturated rings. The Labute approximate surface area is 88.9 Å². The summed E-state index contributed by atoms with van der Waals surface area (Å²) in [5.74, 6) is 1.71. The summed E-state index contributed by atoms with van der Waals surface area (Å²) in [5.41, 5.74) is 0. The third-order valence-corrected chi connectivity index (χ3v) is 3.16. The maximum Gasteiger partial charge on any atom is 0.315 e. The third kappa shape index (κ3) is 2.03. The van der Waals surface area contributed by atoms with Crippen molar-refractivity contribution in [2.24, 2.45) is 11.8 Å². The standard InChI is InChI=1S/C10H15ClN2O/c11-3-4-12-10(14)13-9-6-7-1-2-8(9)5-7/h1-2,7-9H,3-6H2,(H2,12,13,14). The molecule has 3 unspecified atom stereocenters. The summed E-state index contributed by atoms with van der Waals surface area (Å²) in [5, 5.41) is 5.70. The number of urea groups is 1. The molecule has 0 aromatic heterocycles. The van der Waals surface area contributed by atoms with Crippen molar-refractivity contribution in [3.63, 3.8) is 0 Å². The molecule has 14 heavy (non-hydrogen) atoms. The molecule has 4 heteroatoms. The van der Waals surface area contributed by atoms with Crippen molar-refractivity contribution >= 4 is 17.6 Å². The van der Waals surface area contributed by atoms with Gasteiger partial charge in [-0.2, -0.15) is 0 Å². The van der Waals surface area contributed by atoms with Crippen LogP contribution >= 0.6 is 11.6 Å². The Morgan fingerprint density at radius 1 is 1.43 bits per heavy atom. The Hall–Kier alpha value is -0.700. The van der Waals surface area contributed by atoms with E-state index in [1.54, 1.807) is 0 Å². The highest BCUT2D eigenvalue weighted by atomic mass is 35.5. The van der Waals surface area contributed by atoms with Crippen LogP contribution in [0, 0.1) is 11.8 Å². The molecule has 0 saturated heterocycles. The number of hydrogen-bond acceptors (Lipinski definition) is 1. The van der Waals surface area contributed by atoms with E-state index < -0.39 is 0 Å². The van der Waals surface area contributed by atoms with E-state index >= 15 is 0 Å². The smallest absolute Gasteiger partial charge is 0.315 e. The topological polar surface area (TPSA) is 41.1 Å². The van der Waals surface area contributed by atoms with Crippen LogP contribution in [0.25, 0.3) is 0 Å². The van der Waals surface area contributed by atoms with Gasteiger partial charge in [-0.05, 0) is 24.7 Å². The highest BCUT2D eigenvalue weighted by molar-refractivity contribution is 6.18. The lowest BCUT2D eigenvalue weighted by molar-refractivity contribution is 0.235. The lowest BCUT2D eigenvalue weighted by atomic mass is 10.0. The summed E-state index contributed by atoms with van der Waals surface area (Å²) in [6.45, 7) is 0.532. The highest BCUT2D eigenvalue weighted by Gasteiger charge is 2.36. The van der Waals surface area contributed by atoms with Crippen LogP contribution in [0.2, 0.25) is 0 Å². The molecule has 0 radical (unpaired) electrons. The maximum absolute atomic E-state index is 11.3. The van der Waals surface area contributed by atoms with Gasteiger partial charge in [-0.15, -0.1) is 11.6 Å². The van der Waals surface area contributed by atoms with Gasteiger partial charge in [0.2, 0.25) is 0 Å². The van der Waals surface area contributed by atoms with Crippen molar-refractivity contribution in [2.45, 2.75) is 18.9 Å². The molecule has 2 amide bonds. The highest BCUT2D eigenvalue weighted by Crippen LogP contribution is 2.38. The molecule has 2 N–H and O–H groups in total. The number of amides is 2. The normalized spacial score (nSPS) is 33.4. The Morgan fingerprint density at radius 3 is 2.86 bits per heavy atom. The summed E-state index contributed by atoms with van der Waals surface area (Å²) < 4.78 is 0. The molecular weight excluding hydrogens is 200 g/mol. The van der Waals surface area contributed by atoms with Crippen molar-refractivity contribution in [3.05, 3.63) is 12.2 Å². The van der Waals surface area contributed by atoms with Crippen LogP contribution in [-0.2, 0) is 0 Å². The number of carbonyl (C=O) groups excluding carboxylic acids is 1. The summed E-state index contributed by atoms with van der Waals surface area (Å²) in [7, 11) is 0. The average molecular weight is 215 g/mol. The third-order valence-electron chi connectivity index (χ3n) is 2.98. The van der Waals surface area contributed by atoms with Crippen LogP contribution in [0.1, 0.15) is 12.8 Å². The largest absolute Gasteiger partial charge is 0.337 e. The van der Waals surface area contributed by atoms with Gasteiger partial charge >= 0.3 is 6.03 Å². The number of alkyl halides is 1. The lowest BCUT2D eigenvalue weighted by Gasteiger charge is -2.19. The first-order valence-electron chi connectivity index (χ1n) is 5.08. The molecule has 2 aliphatic carbocycles. The first-order chi connectivity index (χ1) is 6.79. The second kappa shape index (κ2) is 4.22. The van der Waals surface area contributed by atoms with Crippen LogP contribution in [0.3, 0.4) is 0 Å². The second-order valence-electron chi connectivity index (χ2n) is 3.98. The molecular formula is C10H15ClN2O. The number of nitrogens with one attached hydrogen (secondary N) is 2. The number of halogens is 1. The van der Waals surface area contributed by atoms with Gasteiger partial charge < -0.3 is 10.6 Å². The number of allylic oxidation sites excluding steroid dienone is 1. The zero-order valence-corrected chi connectivity index (χ0v) is 8.76. The van der Waals surface area contributed by atoms with Crippen LogP contribution < -0.4 is 10.6 Å². The molecule has 0 aromatic carbocycles. The molecule has 0 aliphatic heterocycles. The van der Waals surface area contributed by atoms with E-state index in [0.717, 1.165) is 6.42 Å². The van der Waals surface area contributed by atoms with Crippen LogP contribution in [0.15, 0.2) is 12.2 Å². The number of hydrogen-bond donors (Lipinski definition) is 2. The van der Waals surface area contributed by atoms with Gasteiger partial charge in [0, 0.05) is 18.5 Å². The molecule has 2 rings (SSSR count). The minimum Gasteiger partial charge on any atom is -0.337 e. The number of rotatable bonds is 3. The first-order valence-corrected chi connectivity index (χ1v) is 5.61. The molecule has 0 heterocycles. The van der Waals surface area contributed by atoms with Crippen molar-refractivity contribution < 1.29 is 4.79 Å². The van der Waals surface area contributed by atoms with Gasteiger partial charge in [0.05, 0.1) is 0 Å². The summed E-state index contributed by atoms with van der Waals surface area (Å²) in [4.78, 5) is 11.3. The molecule has 2 aliphatic rings. The Morgan fingerprint density at radius 2 is 2.29 bits per heavy atom. The van der Waals surface area contributed by atoms with Crippen molar-refractivity contribution in [1.29, 1.82) is 0 Å². The quantitative estimate of drug-likeness (QED) is 0.543. The average Bonchev–Trinajstić information content (AvgIpc) is 2.76. The summed E-state index contributed by atoms with van der Waals surface area (Å²) in [6.07, 6.45) is 6.79. The molecule has 0 spiro atoms. The van der Waals surface area contributed by atoms with E-state index in [-0.39, 0.29) is 6.03 Å². The van der Waals surface area contributed by atoms with Gasteiger partial charge in [-0.3, -0.25) is 0 Å². The molecule has 3 nitrogen and oxygen atoms in total. The van der Waals surface area contributed by atoms with E-state index in [2.05, 4.69) is 22.8 Å². The fourth-order valence-electron chi connectivity index (χ4n) is 2.33. The van der Waals surface area contributed by atoms with Crippen LogP contribution in [0.5, 0.6) is 0 Å². The SMILES string of the molecule is O=C(NCCCl)NC1CC2C=CC1C2. The van der Waals surface area contributed by atoms with E-state index in [0.29, 0.717) is 30.3 Å². The Kier molecular flexibility index (Phi) is 2.96. The Bertz CT molecular complexity index is 255. The molecule has 0 aromatic rings. The minimum atomic E-state index is -0.0865. The monoisotopic (exact) mass is 214 g/mol. The fraction of sp³-hybridized carbons (Fsp3) is 0.700. The lowest BCUT2D eigenvalue weighted by Crippen LogP contribution is -2.44. The zero-order chi connectivity index (χ0) is 9.97. The molecule has 3 atom stereocenters. The molecule has 1 saturated carbocycles. The minimum absolute atomic E-state index is 0.0865. The first kappa shape index (κ1) is 9.84. The predicted octanol–water partition coefficient (Wildman–Crippen LogP) is 1.49. The number of carbonyl (C=O) groups is 1. The van der Waals surface area contributed by atoms with E-state index in [4.69, 9.17) is 11.6 Å². The second-order valence-corrected chi connectivity index (χ2v) is 4.35. The van der Waals surface area contributed by atoms with Crippen molar-refractivity contribution in [2.75, 3.05) is 12.4 Å². The van der Waals surface area contributed by atoms with Crippen molar-refractivity contribution in [3.8, 4) is 0 Å². The zero-order valence-electron chi connectivity index (χ0n) is 8.00. The maximum atomic E-state index is 11.3. The van der Waals surface area contributed by atoms with Crippen LogP contribution in [-0.4, -0.2) is 24.5 Å².